The molecule has 34 heavy (non-hydrogen) atoms. The third kappa shape index (κ3) is 5.66. The Bertz CT molecular complexity index is 874. The number of ether oxygens (including phenoxy) is 1. The zero-order chi connectivity index (χ0) is 24.3. The molecule has 3 aliphatic heterocycles. The van der Waals surface area contributed by atoms with Gasteiger partial charge in [-0.3, -0.25) is 4.99 Å². The molecule has 2 atom stereocenters. The molecular weight excluding hydrogens is 441 g/mol. The molecule has 0 amide bonds. The van der Waals surface area contributed by atoms with Crippen molar-refractivity contribution in [1.82, 2.24) is 9.80 Å². The average molecular weight is 479 g/mol. The zero-order valence-electron chi connectivity index (χ0n) is 20.4. The SMILES string of the molecule is C=Nc1c(C(F)(F)F)ccc(N2C[C@H](CN3CCC(N4CCCC4)CC3)O[C@H](C)C2)c1/C=C\C. The predicted molar refractivity (Wildman–Crippen MR) is 132 cm³/mol. The van der Waals surface area contributed by atoms with Crippen LogP contribution < -0.4 is 4.90 Å². The van der Waals surface area contributed by atoms with Gasteiger partial charge in [-0.05, 0) is 84.6 Å². The van der Waals surface area contributed by atoms with Gasteiger partial charge in [-0.2, -0.15) is 13.2 Å². The molecule has 3 saturated heterocycles. The summed E-state index contributed by atoms with van der Waals surface area (Å²) in [7, 11) is 0. The van der Waals surface area contributed by atoms with Crippen LogP contribution >= 0.6 is 0 Å². The molecule has 0 saturated carbocycles. The van der Waals surface area contributed by atoms with E-state index < -0.39 is 11.7 Å². The number of morpholine rings is 1. The van der Waals surface area contributed by atoms with E-state index >= 15 is 0 Å². The van der Waals surface area contributed by atoms with Gasteiger partial charge in [-0.25, -0.2) is 0 Å². The number of likely N-dealkylation sites (tertiary alicyclic amines) is 2. The number of hydrogen-bond acceptors (Lipinski definition) is 5. The van der Waals surface area contributed by atoms with E-state index in [9.17, 15) is 13.2 Å². The third-order valence-electron chi connectivity index (χ3n) is 7.33. The summed E-state index contributed by atoms with van der Waals surface area (Å²) in [6, 6.07) is 3.41. The predicted octanol–water partition coefficient (Wildman–Crippen LogP) is 5.22. The fourth-order valence-corrected chi connectivity index (χ4v) is 5.81. The molecule has 8 heteroatoms. The van der Waals surface area contributed by atoms with Crippen molar-refractivity contribution in [3.05, 3.63) is 29.3 Å². The van der Waals surface area contributed by atoms with Crippen LogP contribution in [0.1, 0.15) is 50.7 Å². The first-order valence-electron chi connectivity index (χ1n) is 12.5. The van der Waals surface area contributed by atoms with Crippen molar-refractivity contribution in [2.75, 3.05) is 50.7 Å². The lowest BCUT2D eigenvalue weighted by Crippen LogP contribution is -2.53. The van der Waals surface area contributed by atoms with Crippen LogP contribution in [0.5, 0.6) is 0 Å². The van der Waals surface area contributed by atoms with Gasteiger partial charge in [-0.15, -0.1) is 0 Å². The lowest BCUT2D eigenvalue weighted by Gasteiger charge is -2.42. The number of benzene rings is 1. The van der Waals surface area contributed by atoms with Gasteiger partial charge in [0, 0.05) is 36.9 Å². The lowest BCUT2D eigenvalue weighted by atomic mass is 10.0. The summed E-state index contributed by atoms with van der Waals surface area (Å²) in [5, 5.41) is 0. The van der Waals surface area contributed by atoms with Crippen LogP contribution in [0.3, 0.4) is 0 Å². The summed E-state index contributed by atoms with van der Waals surface area (Å²) in [6.45, 7) is 14.0. The van der Waals surface area contributed by atoms with Crippen LogP contribution in [0.2, 0.25) is 0 Å². The molecule has 1 aromatic carbocycles. The van der Waals surface area contributed by atoms with E-state index in [0.717, 1.165) is 31.4 Å². The molecule has 4 rings (SSSR count). The van der Waals surface area contributed by atoms with Crippen LogP contribution in [0.25, 0.3) is 6.08 Å². The van der Waals surface area contributed by atoms with Gasteiger partial charge >= 0.3 is 6.18 Å². The summed E-state index contributed by atoms with van der Waals surface area (Å²) < 4.78 is 47.0. The number of hydrogen-bond donors (Lipinski definition) is 0. The second kappa shape index (κ2) is 10.8. The van der Waals surface area contributed by atoms with Crippen LogP contribution in [-0.2, 0) is 10.9 Å². The van der Waals surface area contributed by atoms with Crippen molar-refractivity contribution in [3.8, 4) is 0 Å². The minimum absolute atomic E-state index is 0.00738. The largest absolute Gasteiger partial charge is 0.418 e. The molecule has 188 valence electrons. The molecule has 3 aliphatic rings. The minimum Gasteiger partial charge on any atom is -0.370 e. The maximum absolute atomic E-state index is 13.6. The Labute approximate surface area is 201 Å². The molecule has 5 nitrogen and oxygen atoms in total. The highest BCUT2D eigenvalue weighted by molar-refractivity contribution is 5.80. The molecule has 0 radical (unpaired) electrons. The van der Waals surface area contributed by atoms with E-state index in [1.807, 2.05) is 6.92 Å². The molecule has 0 spiro atoms. The normalized spacial score (nSPS) is 26.0. The molecule has 1 aromatic rings. The van der Waals surface area contributed by atoms with E-state index in [2.05, 4.69) is 26.4 Å². The monoisotopic (exact) mass is 478 g/mol. The van der Waals surface area contributed by atoms with Gasteiger partial charge in [0.1, 0.15) is 0 Å². The summed E-state index contributed by atoms with van der Waals surface area (Å²) in [4.78, 5) is 11.1. The quantitative estimate of drug-likeness (QED) is 0.525. The highest BCUT2D eigenvalue weighted by atomic mass is 19.4. The van der Waals surface area contributed by atoms with Gasteiger partial charge in [0.25, 0.3) is 0 Å². The summed E-state index contributed by atoms with van der Waals surface area (Å²) >= 11 is 0. The Hall–Kier alpha value is -1.90. The fourth-order valence-electron chi connectivity index (χ4n) is 5.81. The molecule has 0 aliphatic carbocycles. The zero-order valence-corrected chi connectivity index (χ0v) is 20.4. The molecule has 0 unspecified atom stereocenters. The molecule has 0 bridgehead atoms. The summed E-state index contributed by atoms with van der Waals surface area (Å²) in [6.07, 6.45) is 4.02. The van der Waals surface area contributed by atoms with E-state index in [1.165, 1.54) is 38.8 Å². The van der Waals surface area contributed by atoms with E-state index in [-0.39, 0.29) is 17.9 Å². The Kier molecular flexibility index (Phi) is 8.00. The van der Waals surface area contributed by atoms with Crippen LogP contribution in [0.4, 0.5) is 24.5 Å². The Balaban J connectivity index is 1.47. The van der Waals surface area contributed by atoms with Gasteiger partial charge in [-0.1, -0.05) is 12.2 Å². The van der Waals surface area contributed by atoms with E-state index in [4.69, 9.17) is 4.74 Å². The van der Waals surface area contributed by atoms with Crippen molar-refractivity contribution in [1.29, 1.82) is 0 Å². The van der Waals surface area contributed by atoms with Gasteiger partial charge in [0.2, 0.25) is 0 Å². The molecule has 0 N–H and O–H groups in total. The number of alkyl halides is 3. The topological polar surface area (TPSA) is 31.3 Å². The number of aliphatic imine (C=N–C) groups is 1. The highest BCUT2D eigenvalue weighted by Crippen LogP contribution is 2.43. The Morgan fingerprint density at radius 2 is 1.82 bits per heavy atom. The first kappa shape index (κ1) is 25.2. The van der Waals surface area contributed by atoms with Crippen LogP contribution in [-0.4, -0.2) is 80.6 Å². The maximum atomic E-state index is 13.6. The van der Waals surface area contributed by atoms with Gasteiger partial charge < -0.3 is 19.4 Å². The maximum Gasteiger partial charge on any atom is 0.418 e. The Morgan fingerprint density at radius 3 is 2.44 bits per heavy atom. The van der Waals surface area contributed by atoms with Gasteiger partial charge in [0.15, 0.2) is 0 Å². The van der Waals surface area contributed by atoms with E-state index in [0.29, 0.717) is 24.7 Å². The summed E-state index contributed by atoms with van der Waals surface area (Å²) in [5.74, 6) is 0. The van der Waals surface area contributed by atoms with Crippen molar-refractivity contribution in [2.24, 2.45) is 4.99 Å². The van der Waals surface area contributed by atoms with Crippen molar-refractivity contribution in [3.63, 3.8) is 0 Å². The second-order valence-corrected chi connectivity index (χ2v) is 9.80. The van der Waals surface area contributed by atoms with Crippen molar-refractivity contribution in [2.45, 2.75) is 64.0 Å². The Morgan fingerprint density at radius 1 is 1.12 bits per heavy atom. The standard InChI is InChI=1S/C26H37F3N4O/c1-4-7-22-24(9-8-23(25(22)30-3)26(27,28)29)33-16-19(2)34-21(18-33)17-31-14-10-20(11-15-31)32-12-5-6-13-32/h4,7-9,19-21H,3,5-6,10-18H2,1-2H3/b7-4-/t19-,21+/m1/s1. The fraction of sp³-hybridized carbons (Fsp3) is 0.654. The van der Waals surface area contributed by atoms with Crippen molar-refractivity contribution >= 4 is 24.2 Å². The molecular formula is C26H37F3N4O. The van der Waals surface area contributed by atoms with Crippen LogP contribution in [0.15, 0.2) is 23.2 Å². The minimum atomic E-state index is -4.48. The number of anilines is 1. The van der Waals surface area contributed by atoms with Crippen LogP contribution in [0, 0.1) is 0 Å². The molecule has 0 aromatic heterocycles. The number of nitrogens with zero attached hydrogens (tertiary/aromatic N) is 4. The summed E-state index contributed by atoms with van der Waals surface area (Å²) in [5.41, 5.74) is 0.355. The first-order chi connectivity index (χ1) is 16.3. The number of rotatable bonds is 6. The number of halogens is 3. The first-order valence-corrected chi connectivity index (χ1v) is 12.5. The molecule has 3 heterocycles. The second-order valence-electron chi connectivity index (χ2n) is 9.80. The third-order valence-corrected chi connectivity index (χ3v) is 7.33. The lowest BCUT2D eigenvalue weighted by molar-refractivity contribution is -0.137. The smallest absolute Gasteiger partial charge is 0.370 e. The number of piperidine rings is 1. The number of allylic oxidation sites excluding steroid dienone is 1. The average Bonchev–Trinajstić information content (AvgIpc) is 3.33. The van der Waals surface area contributed by atoms with Crippen molar-refractivity contribution < 1.29 is 17.9 Å². The highest BCUT2D eigenvalue weighted by Gasteiger charge is 2.36. The molecule has 3 fully saturated rings. The van der Waals surface area contributed by atoms with E-state index in [1.54, 1.807) is 25.1 Å². The van der Waals surface area contributed by atoms with Gasteiger partial charge in [0.05, 0.1) is 23.5 Å².